The van der Waals surface area contributed by atoms with Gasteiger partial charge in [0.1, 0.15) is 5.75 Å². The highest BCUT2D eigenvalue weighted by atomic mass is 16.4. The molecule has 0 saturated carbocycles. The summed E-state index contributed by atoms with van der Waals surface area (Å²) < 4.78 is 0. The quantitative estimate of drug-likeness (QED) is 0.656. The Morgan fingerprint density at radius 2 is 1.92 bits per heavy atom. The highest BCUT2D eigenvalue weighted by molar-refractivity contribution is 5.64. The number of phenols is 1. The molecule has 0 heterocycles. The summed E-state index contributed by atoms with van der Waals surface area (Å²) in [6, 6.07) is 6.68. The van der Waals surface area contributed by atoms with E-state index in [2.05, 4.69) is 5.32 Å². The maximum Gasteiger partial charge on any atom is 0.404 e. The minimum absolute atomic E-state index is 0.218. The normalized spacial score (nSPS) is 9.54. The first-order valence-electron chi connectivity index (χ1n) is 3.93. The van der Waals surface area contributed by atoms with Crippen LogP contribution in [0.15, 0.2) is 24.3 Å². The first-order valence-corrected chi connectivity index (χ1v) is 3.93. The molecule has 1 aromatic rings. The number of nitrogens with one attached hydrogen (secondary N) is 1. The van der Waals surface area contributed by atoms with Crippen molar-refractivity contribution in [1.82, 2.24) is 5.32 Å². The van der Waals surface area contributed by atoms with Crippen LogP contribution in [-0.4, -0.2) is 22.9 Å². The topological polar surface area (TPSA) is 69.6 Å². The van der Waals surface area contributed by atoms with Crippen molar-refractivity contribution in [2.45, 2.75) is 6.42 Å². The van der Waals surface area contributed by atoms with Gasteiger partial charge in [0.2, 0.25) is 0 Å². The molecule has 0 aliphatic heterocycles. The van der Waals surface area contributed by atoms with Crippen molar-refractivity contribution in [2.24, 2.45) is 0 Å². The summed E-state index contributed by atoms with van der Waals surface area (Å²) >= 11 is 0. The Morgan fingerprint density at radius 1 is 1.31 bits per heavy atom. The second-order valence-electron chi connectivity index (χ2n) is 2.65. The molecule has 13 heavy (non-hydrogen) atoms. The van der Waals surface area contributed by atoms with E-state index >= 15 is 0 Å². The predicted octanol–water partition coefficient (Wildman–Crippen LogP) is 1.20. The Kier molecular flexibility index (Phi) is 3.14. The molecule has 1 amide bonds. The molecule has 0 aliphatic rings. The molecule has 70 valence electrons. The number of hydrogen-bond acceptors (Lipinski definition) is 2. The molecule has 1 aromatic carbocycles. The number of aromatic hydroxyl groups is 1. The largest absolute Gasteiger partial charge is 0.508 e. The van der Waals surface area contributed by atoms with Crippen LogP contribution in [0.4, 0.5) is 4.79 Å². The van der Waals surface area contributed by atoms with Crippen LogP contribution >= 0.6 is 0 Å². The molecular weight excluding hydrogens is 170 g/mol. The monoisotopic (exact) mass is 181 g/mol. The van der Waals surface area contributed by atoms with Gasteiger partial charge in [-0.05, 0) is 24.1 Å². The molecule has 1 rings (SSSR count). The van der Waals surface area contributed by atoms with Crippen molar-refractivity contribution in [3.8, 4) is 5.75 Å². The van der Waals surface area contributed by atoms with E-state index in [0.29, 0.717) is 13.0 Å². The van der Waals surface area contributed by atoms with Crippen LogP contribution in [-0.2, 0) is 6.42 Å². The number of phenolic OH excluding ortho intramolecular Hbond substituents is 1. The summed E-state index contributed by atoms with van der Waals surface area (Å²) in [4.78, 5) is 10.1. The smallest absolute Gasteiger partial charge is 0.404 e. The van der Waals surface area contributed by atoms with Gasteiger partial charge in [-0.2, -0.15) is 0 Å². The minimum Gasteiger partial charge on any atom is -0.508 e. The van der Waals surface area contributed by atoms with E-state index < -0.39 is 6.09 Å². The summed E-state index contributed by atoms with van der Waals surface area (Å²) in [5, 5.41) is 19.5. The second-order valence-corrected chi connectivity index (χ2v) is 2.65. The highest BCUT2D eigenvalue weighted by Gasteiger charge is 1.95. The van der Waals surface area contributed by atoms with Gasteiger partial charge in [-0.15, -0.1) is 0 Å². The number of rotatable bonds is 3. The summed E-state index contributed by atoms with van der Waals surface area (Å²) in [5.74, 6) is 0.218. The predicted molar refractivity (Wildman–Crippen MR) is 47.8 cm³/mol. The number of carbonyl (C=O) groups is 1. The zero-order valence-electron chi connectivity index (χ0n) is 7.03. The molecule has 0 fully saturated rings. The standard InChI is InChI=1S/C9H11NO3/c11-8-3-1-7(2-4-8)5-6-10-9(12)13/h1-4,10-11H,5-6H2,(H,12,13). The summed E-state index contributed by atoms with van der Waals surface area (Å²) in [6.07, 6.45) is -0.383. The fourth-order valence-corrected chi connectivity index (χ4v) is 0.976. The number of benzene rings is 1. The zero-order valence-corrected chi connectivity index (χ0v) is 7.03. The van der Waals surface area contributed by atoms with Crippen molar-refractivity contribution < 1.29 is 15.0 Å². The first-order chi connectivity index (χ1) is 6.18. The zero-order chi connectivity index (χ0) is 9.68. The van der Waals surface area contributed by atoms with Gasteiger partial charge < -0.3 is 15.5 Å². The molecule has 0 saturated heterocycles. The van der Waals surface area contributed by atoms with Crippen LogP contribution in [0.2, 0.25) is 0 Å². The maximum absolute atomic E-state index is 10.1. The van der Waals surface area contributed by atoms with Gasteiger partial charge in [-0.25, -0.2) is 4.79 Å². The first kappa shape index (κ1) is 9.38. The van der Waals surface area contributed by atoms with Gasteiger partial charge in [-0.1, -0.05) is 12.1 Å². The SMILES string of the molecule is O=C(O)NCCc1ccc(O)cc1. The van der Waals surface area contributed by atoms with Crippen molar-refractivity contribution in [2.75, 3.05) is 6.54 Å². The molecule has 3 N–H and O–H groups in total. The molecule has 0 aromatic heterocycles. The summed E-state index contributed by atoms with van der Waals surface area (Å²) in [5.41, 5.74) is 0.992. The fraction of sp³-hybridized carbons (Fsp3) is 0.222. The van der Waals surface area contributed by atoms with Crippen LogP contribution in [0.3, 0.4) is 0 Å². The lowest BCUT2D eigenvalue weighted by molar-refractivity contribution is 0.194. The molecule has 0 unspecified atom stereocenters. The number of hydrogen-bond donors (Lipinski definition) is 3. The lowest BCUT2D eigenvalue weighted by Gasteiger charge is -2.01. The van der Waals surface area contributed by atoms with E-state index in [1.807, 2.05) is 0 Å². The minimum atomic E-state index is -1.02. The molecule has 0 spiro atoms. The van der Waals surface area contributed by atoms with Crippen molar-refractivity contribution in [1.29, 1.82) is 0 Å². The van der Waals surface area contributed by atoms with Crippen LogP contribution in [0, 0.1) is 0 Å². The third-order valence-corrected chi connectivity index (χ3v) is 1.63. The van der Waals surface area contributed by atoms with Crippen molar-refractivity contribution >= 4 is 6.09 Å². The van der Waals surface area contributed by atoms with Crippen LogP contribution in [0.1, 0.15) is 5.56 Å². The third kappa shape index (κ3) is 3.46. The second kappa shape index (κ2) is 4.35. The van der Waals surface area contributed by atoms with Crippen LogP contribution in [0.5, 0.6) is 5.75 Å². The molecular formula is C9H11NO3. The number of carboxylic acid groups (broad SMARTS) is 1. The lowest BCUT2D eigenvalue weighted by Crippen LogP contribution is -2.23. The van der Waals surface area contributed by atoms with Crippen LogP contribution in [0.25, 0.3) is 0 Å². The van der Waals surface area contributed by atoms with E-state index in [0.717, 1.165) is 5.56 Å². The van der Waals surface area contributed by atoms with Gasteiger partial charge >= 0.3 is 6.09 Å². The Hall–Kier alpha value is -1.71. The Bertz CT molecular complexity index is 281. The highest BCUT2D eigenvalue weighted by Crippen LogP contribution is 2.09. The average molecular weight is 181 g/mol. The molecule has 0 radical (unpaired) electrons. The van der Waals surface area contributed by atoms with Crippen molar-refractivity contribution in [3.05, 3.63) is 29.8 Å². The van der Waals surface area contributed by atoms with Gasteiger partial charge in [0.05, 0.1) is 0 Å². The van der Waals surface area contributed by atoms with E-state index in [9.17, 15) is 4.79 Å². The van der Waals surface area contributed by atoms with Crippen molar-refractivity contribution in [3.63, 3.8) is 0 Å². The van der Waals surface area contributed by atoms with Gasteiger partial charge in [0, 0.05) is 6.54 Å². The van der Waals surface area contributed by atoms with E-state index in [-0.39, 0.29) is 5.75 Å². The van der Waals surface area contributed by atoms with Gasteiger partial charge in [0.25, 0.3) is 0 Å². The molecule has 0 aliphatic carbocycles. The summed E-state index contributed by atoms with van der Waals surface area (Å²) in [7, 11) is 0. The summed E-state index contributed by atoms with van der Waals surface area (Å²) in [6.45, 7) is 0.389. The van der Waals surface area contributed by atoms with E-state index in [1.54, 1.807) is 24.3 Å². The van der Waals surface area contributed by atoms with Gasteiger partial charge in [-0.3, -0.25) is 0 Å². The maximum atomic E-state index is 10.1. The lowest BCUT2D eigenvalue weighted by atomic mass is 10.1. The molecule has 4 heteroatoms. The average Bonchev–Trinajstić information content (AvgIpc) is 2.08. The fourth-order valence-electron chi connectivity index (χ4n) is 0.976. The van der Waals surface area contributed by atoms with E-state index in [4.69, 9.17) is 10.2 Å². The Labute approximate surface area is 75.8 Å². The van der Waals surface area contributed by atoms with E-state index in [1.165, 1.54) is 0 Å². The molecule has 0 bridgehead atoms. The Morgan fingerprint density at radius 3 is 2.46 bits per heavy atom. The molecule has 0 atom stereocenters. The van der Waals surface area contributed by atoms with Crippen LogP contribution < -0.4 is 5.32 Å². The number of amides is 1. The van der Waals surface area contributed by atoms with Gasteiger partial charge in [0.15, 0.2) is 0 Å². The Balaban J connectivity index is 2.37. The molecule has 4 nitrogen and oxygen atoms in total. The third-order valence-electron chi connectivity index (χ3n) is 1.63.